The van der Waals surface area contributed by atoms with E-state index in [-0.39, 0.29) is 28.0 Å². The Balaban J connectivity index is 1.75. The number of anilines is 1. The maximum absolute atomic E-state index is 12.7. The van der Waals surface area contributed by atoms with Gasteiger partial charge in [-0.15, -0.1) is 0 Å². The van der Waals surface area contributed by atoms with Crippen molar-refractivity contribution in [1.29, 1.82) is 0 Å². The summed E-state index contributed by atoms with van der Waals surface area (Å²) in [4.78, 5) is 49.2. The van der Waals surface area contributed by atoms with Gasteiger partial charge in [0.05, 0.1) is 17.0 Å². The van der Waals surface area contributed by atoms with Crippen molar-refractivity contribution in [3.63, 3.8) is 0 Å². The Morgan fingerprint density at radius 3 is 2.59 bits per heavy atom. The second-order valence-corrected chi connectivity index (χ2v) is 7.87. The molecule has 9 nitrogen and oxygen atoms in total. The van der Waals surface area contributed by atoms with Gasteiger partial charge < -0.3 is 20.5 Å². The highest BCUT2D eigenvalue weighted by Gasteiger charge is 2.36. The smallest absolute Gasteiger partial charge is 0.294 e. The van der Waals surface area contributed by atoms with Gasteiger partial charge in [0, 0.05) is 5.69 Å². The summed E-state index contributed by atoms with van der Waals surface area (Å²) in [5.41, 5.74) is 6.09. The van der Waals surface area contributed by atoms with Crippen molar-refractivity contribution in [2.24, 2.45) is 5.73 Å². The highest BCUT2D eigenvalue weighted by molar-refractivity contribution is 8.18. The third-order valence-electron chi connectivity index (χ3n) is 4.14. The third-order valence-corrected chi connectivity index (χ3v) is 5.33. The van der Waals surface area contributed by atoms with Gasteiger partial charge >= 0.3 is 0 Å². The Labute approximate surface area is 192 Å². The molecule has 166 valence electrons. The molecular weight excluding hydrogens is 458 g/mol. The molecule has 0 unspecified atom stereocenters. The van der Waals surface area contributed by atoms with Crippen molar-refractivity contribution in [2.45, 2.75) is 0 Å². The third kappa shape index (κ3) is 5.59. The molecule has 0 atom stereocenters. The van der Waals surface area contributed by atoms with Gasteiger partial charge in [0.2, 0.25) is 5.91 Å². The predicted molar refractivity (Wildman–Crippen MR) is 120 cm³/mol. The van der Waals surface area contributed by atoms with Crippen molar-refractivity contribution in [2.75, 3.05) is 25.6 Å². The van der Waals surface area contributed by atoms with E-state index in [1.54, 1.807) is 30.3 Å². The molecule has 3 rings (SSSR count). The summed E-state index contributed by atoms with van der Waals surface area (Å²) in [7, 11) is 1.38. The Hall–Kier alpha value is -3.50. The molecule has 4 amide bonds. The average Bonchev–Trinajstić information content (AvgIpc) is 3.00. The van der Waals surface area contributed by atoms with Crippen LogP contribution in [0.3, 0.4) is 0 Å². The first kappa shape index (κ1) is 23.2. The second kappa shape index (κ2) is 10.2. The molecule has 1 aliphatic heterocycles. The van der Waals surface area contributed by atoms with Crippen LogP contribution >= 0.6 is 23.4 Å². The first-order chi connectivity index (χ1) is 15.3. The minimum Gasteiger partial charge on any atom is -0.493 e. The quantitative estimate of drug-likeness (QED) is 0.562. The number of carbonyl (C=O) groups is 4. The fourth-order valence-electron chi connectivity index (χ4n) is 2.76. The number of hydrogen-bond acceptors (Lipinski definition) is 7. The SMILES string of the molecule is COc1cc(/C=C2\SC(=O)N(CC(=O)Nc3ccccc3)C2=O)cc(Cl)c1OCC(N)=O. The van der Waals surface area contributed by atoms with Crippen LogP contribution < -0.4 is 20.5 Å². The number of rotatable bonds is 8. The van der Waals surface area contributed by atoms with Crippen LogP contribution in [0.1, 0.15) is 5.56 Å². The maximum atomic E-state index is 12.7. The van der Waals surface area contributed by atoms with Crippen LogP contribution in [0.5, 0.6) is 11.5 Å². The van der Waals surface area contributed by atoms with E-state index in [4.69, 9.17) is 26.8 Å². The van der Waals surface area contributed by atoms with Gasteiger partial charge in [-0.2, -0.15) is 0 Å². The van der Waals surface area contributed by atoms with Crippen LogP contribution in [0.2, 0.25) is 5.02 Å². The van der Waals surface area contributed by atoms with Gasteiger partial charge in [-0.25, -0.2) is 0 Å². The van der Waals surface area contributed by atoms with Gasteiger partial charge in [0.25, 0.3) is 17.1 Å². The number of nitrogens with two attached hydrogens (primary N) is 1. The zero-order chi connectivity index (χ0) is 23.3. The number of benzene rings is 2. The number of methoxy groups -OCH3 is 1. The number of para-hydroxylation sites is 1. The number of thioether (sulfide) groups is 1. The zero-order valence-electron chi connectivity index (χ0n) is 16.8. The summed E-state index contributed by atoms with van der Waals surface area (Å²) in [5.74, 6) is -1.45. The minimum atomic E-state index is -0.683. The monoisotopic (exact) mass is 475 g/mol. The van der Waals surface area contributed by atoms with Crippen LogP contribution in [-0.2, 0) is 14.4 Å². The topological polar surface area (TPSA) is 128 Å². The first-order valence-corrected chi connectivity index (χ1v) is 10.4. The minimum absolute atomic E-state index is 0.117. The highest BCUT2D eigenvalue weighted by Crippen LogP contribution is 2.38. The molecule has 0 aliphatic carbocycles. The first-order valence-electron chi connectivity index (χ1n) is 9.17. The van der Waals surface area contributed by atoms with Crippen molar-refractivity contribution >= 4 is 58.1 Å². The largest absolute Gasteiger partial charge is 0.493 e. The number of ether oxygens (including phenoxy) is 2. The van der Waals surface area contributed by atoms with Crippen LogP contribution in [0, 0.1) is 0 Å². The average molecular weight is 476 g/mol. The van der Waals surface area contributed by atoms with E-state index in [0.717, 1.165) is 4.90 Å². The molecule has 0 spiro atoms. The van der Waals surface area contributed by atoms with E-state index in [2.05, 4.69) is 5.32 Å². The Bertz CT molecular complexity index is 1110. The van der Waals surface area contributed by atoms with Crippen LogP contribution in [0.4, 0.5) is 10.5 Å². The standard InChI is InChI=1S/C21H18ClN3O6S/c1-30-15-8-12(7-14(22)19(15)31-11-17(23)26)9-16-20(28)25(21(29)32-16)10-18(27)24-13-5-3-2-4-6-13/h2-9H,10-11H2,1H3,(H2,23,26)(H,24,27)/b16-9-. The van der Waals surface area contributed by atoms with Gasteiger partial charge in [0.1, 0.15) is 6.54 Å². The van der Waals surface area contributed by atoms with Gasteiger partial charge in [-0.3, -0.25) is 24.1 Å². The van der Waals surface area contributed by atoms with E-state index >= 15 is 0 Å². The van der Waals surface area contributed by atoms with Crippen LogP contribution in [0.15, 0.2) is 47.4 Å². The van der Waals surface area contributed by atoms with E-state index in [0.29, 0.717) is 23.0 Å². The lowest BCUT2D eigenvalue weighted by molar-refractivity contribution is -0.127. The van der Waals surface area contributed by atoms with Crippen molar-refractivity contribution in [1.82, 2.24) is 4.90 Å². The highest BCUT2D eigenvalue weighted by atomic mass is 35.5. The summed E-state index contributed by atoms with van der Waals surface area (Å²) < 4.78 is 10.5. The lowest BCUT2D eigenvalue weighted by Crippen LogP contribution is -2.36. The molecule has 2 aromatic carbocycles. The molecule has 1 fully saturated rings. The summed E-state index contributed by atoms with van der Waals surface area (Å²) in [6.07, 6.45) is 1.45. The molecule has 32 heavy (non-hydrogen) atoms. The molecular formula is C21H18ClN3O6S. The molecule has 1 aliphatic rings. The number of nitrogens with zero attached hydrogens (tertiary/aromatic N) is 1. The van der Waals surface area contributed by atoms with Crippen LogP contribution in [0.25, 0.3) is 6.08 Å². The number of hydrogen-bond donors (Lipinski definition) is 2. The molecule has 0 radical (unpaired) electrons. The van der Waals surface area contributed by atoms with E-state index in [1.165, 1.54) is 25.3 Å². The van der Waals surface area contributed by atoms with Crippen molar-refractivity contribution in [3.8, 4) is 11.5 Å². The van der Waals surface area contributed by atoms with Crippen molar-refractivity contribution in [3.05, 3.63) is 58.0 Å². The normalized spacial score (nSPS) is 14.6. The number of halogens is 1. The van der Waals surface area contributed by atoms with E-state index in [9.17, 15) is 19.2 Å². The number of imide groups is 1. The lowest BCUT2D eigenvalue weighted by atomic mass is 10.1. The number of nitrogens with one attached hydrogen (secondary N) is 1. The summed E-state index contributed by atoms with van der Waals surface area (Å²) in [6, 6.07) is 11.7. The molecule has 11 heteroatoms. The Morgan fingerprint density at radius 1 is 1.22 bits per heavy atom. The van der Waals surface area contributed by atoms with Crippen LogP contribution in [-0.4, -0.2) is 48.1 Å². The fourth-order valence-corrected chi connectivity index (χ4v) is 3.87. The molecule has 1 heterocycles. The molecule has 3 N–H and O–H groups in total. The Kier molecular flexibility index (Phi) is 7.39. The molecule has 0 bridgehead atoms. The Morgan fingerprint density at radius 2 is 1.94 bits per heavy atom. The molecule has 1 saturated heterocycles. The van der Waals surface area contributed by atoms with E-state index < -0.39 is 29.5 Å². The number of amides is 4. The maximum Gasteiger partial charge on any atom is 0.294 e. The second-order valence-electron chi connectivity index (χ2n) is 6.47. The lowest BCUT2D eigenvalue weighted by Gasteiger charge is -2.13. The number of carbonyl (C=O) groups excluding carboxylic acids is 4. The van der Waals surface area contributed by atoms with E-state index in [1.807, 2.05) is 0 Å². The number of primary amides is 1. The molecule has 2 aromatic rings. The summed E-state index contributed by atoms with van der Waals surface area (Å²) in [5, 5.41) is 2.19. The van der Waals surface area contributed by atoms with Gasteiger partial charge in [-0.1, -0.05) is 29.8 Å². The summed E-state index contributed by atoms with van der Waals surface area (Å²) >= 11 is 6.92. The van der Waals surface area contributed by atoms with Gasteiger partial charge in [-0.05, 0) is 47.7 Å². The molecule has 0 saturated carbocycles. The van der Waals surface area contributed by atoms with Gasteiger partial charge in [0.15, 0.2) is 18.1 Å². The zero-order valence-corrected chi connectivity index (χ0v) is 18.4. The predicted octanol–water partition coefficient (Wildman–Crippen LogP) is 2.89. The fraction of sp³-hybridized carbons (Fsp3) is 0.143. The van der Waals surface area contributed by atoms with Crippen molar-refractivity contribution < 1.29 is 28.7 Å². The summed E-state index contributed by atoms with van der Waals surface area (Å²) in [6.45, 7) is -0.805. The molecule has 0 aromatic heterocycles.